The topological polar surface area (TPSA) is 43.6 Å². The van der Waals surface area contributed by atoms with E-state index >= 15 is 4.39 Å². The van der Waals surface area contributed by atoms with Gasteiger partial charge in [-0.3, -0.25) is 4.79 Å². The molecule has 0 unspecified atom stereocenters. The van der Waals surface area contributed by atoms with Gasteiger partial charge in [-0.25, -0.2) is 9.37 Å². The zero-order chi connectivity index (χ0) is 22.6. The van der Waals surface area contributed by atoms with Gasteiger partial charge in [-0.15, -0.1) is 0 Å². The molecule has 0 radical (unpaired) electrons. The van der Waals surface area contributed by atoms with Gasteiger partial charge in [0.15, 0.2) is 17.3 Å². The van der Waals surface area contributed by atoms with Crippen LogP contribution in [0.15, 0.2) is 42.7 Å². The second-order valence-corrected chi connectivity index (χ2v) is 8.71. The first-order valence-corrected chi connectivity index (χ1v) is 11.0. The molecule has 1 aliphatic rings. The van der Waals surface area contributed by atoms with E-state index in [-0.39, 0.29) is 5.78 Å². The molecule has 4 nitrogen and oxygen atoms in total. The van der Waals surface area contributed by atoms with Gasteiger partial charge in [-0.2, -0.15) is 0 Å². The minimum atomic E-state index is -0.406. The molecule has 2 aromatic heterocycles. The maximum absolute atomic E-state index is 15.1. The summed E-state index contributed by atoms with van der Waals surface area (Å²) in [6.45, 7) is 5.91. The number of aromatic nitrogens is 2. The van der Waals surface area contributed by atoms with Crippen molar-refractivity contribution in [3.05, 3.63) is 75.8 Å². The third-order valence-corrected chi connectivity index (χ3v) is 6.35. The molecule has 6 heteroatoms. The van der Waals surface area contributed by atoms with Crippen LogP contribution in [0, 0.1) is 19.7 Å². The van der Waals surface area contributed by atoms with Crippen molar-refractivity contribution in [2.24, 2.45) is 0 Å². The molecular formula is C26H22ClFN2O2. The second-order valence-electron chi connectivity index (χ2n) is 8.28. The number of Topliss-reactive ketones (excluding diaryl/α,β-unsaturated/α-hetero) is 1. The van der Waals surface area contributed by atoms with Crippen LogP contribution in [0.1, 0.15) is 40.4 Å². The fraction of sp³-hybridized carbons (Fsp3) is 0.231. The van der Waals surface area contributed by atoms with Gasteiger partial charge in [0, 0.05) is 39.7 Å². The van der Waals surface area contributed by atoms with Crippen molar-refractivity contribution in [1.29, 1.82) is 0 Å². The molecule has 0 fully saturated rings. The van der Waals surface area contributed by atoms with E-state index in [2.05, 4.69) is 0 Å². The van der Waals surface area contributed by atoms with Gasteiger partial charge in [-0.05, 0) is 68.5 Å². The van der Waals surface area contributed by atoms with Crippen molar-refractivity contribution >= 4 is 23.0 Å². The first-order chi connectivity index (χ1) is 15.3. The highest BCUT2D eigenvalue weighted by molar-refractivity contribution is 6.30. The minimum Gasteiger partial charge on any atom is -0.490 e. The Hall–Kier alpha value is -3.18. The van der Waals surface area contributed by atoms with Crippen molar-refractivity contribution in [2.75, 3.05) is 6.61 Å². The van der Waals surface area contributed by atoms with Crippen LogP contribution in [0.4, 0.5) is 4.39 Å². The number of ether oxygens (including phenoxy) is 1. The third-order valence-electron chi connectivity index (χ3n) is 6.11. The van der Waals surface area contributed by atoms with Crippen molar-refractivity contribution in [2.45, 2.75) is 33.6 Å². The number of rotatable bonds is 3. The number of nitrogens with zero attached hydrogens (tertiary/aromatic N) is 2. The zero-order valence-corrected chi connectivity index (χ0v) is 18.9. The van der Waals surface area contributed by atoms with Crippen molar-refractivity contribution < 1.29 is 13.9 Å². The van der Waals surface area contributed by atoms with E-state index in [9.17, 15) is 4.79 Å². The number of imidazole rings is 1. The van der Waals surface area contributed by atoms with Crippen LogP contribution >= 0.6 is 11.6 Å². The van der Waals surface area contributed by atoms with Gasteiger partial charge in [0.25, 0.3) is 0 Å². The highest BCUT2D eigenvalue weighted by atomic mass is 35.5. The molecule has 0 spiro atoms. The van der Waals surface area contributed by atoms with Crippen LogP contribution in [0.2, 0.25) is 5.02 Å². The van der Waals surface area contributed by atoms with Crippen molar-refractivity contribution in [1.82, 2.24) is 9.38 Å². The van der Waals surface area contributed by atoms with Crippen molar-refractivity contribution in [3.8, 4) is 28.1 Å². The normalized spacial score (nSPS) is 13.2. The summed E-state index contributed by atoms with van der Waals surface area (Å²) in [6, 6.07) is 8.95. The Morgan fingerprint density at radius 3 is 2.78 bits per heavy atom. The maximum atomic E-state index is 15.1. The molecular weight excluding hydrogens is 427 g/mol. The fourth-order valence-electron chi connectivity index (χ4n) is 4.67. The summed E-state index contributed by atoms with van der Waals surface area (Å²) in [4.78, 5) is 17.6. The summed E-state index contributed by atoms with van der Waals surface area (Å²) in [5, 5.41) is 0.619. The Kier molecular flexibility index (Phi) is 5.01. The average molecular weight is 449 g/mol. The van der Waals surface area contributed by atoms with Crippen molar-refractivity contribution in [3.63, 3.8) is 0 Å². The highest BCUT2D eigenvalue weighted by Gasteiger charge is 2.26. The lowest BCUT2D eigenvalue weighted by atomic mass is 9.88. The Balaban J connectivity index is 1.85. The number of ketones is 1. The second kappa shape index (κ2) is 7.75. The number of carbonyl (C=O) groups excluding carboxylic acids is 1. The van der Waals surface area contributed by atoms with E-state index in [4.69, 9.17) is 21.3 Å². The molecule has 0 N–H and O–H groups in total. The third kappa shape index (κ3) is 3.28. The zero-order valence-electron chi connectivity index (χ0n) is 18.1. The standard InChI is InChI=1S/C26H22ClFN2O2/c1-14-12-30-13-22(17-6-4-7-18(27)10-17)29-26(30)24(23(14)16(3)31)20-11-21(28)25-19(15(20)2)8-5-9-32-25/h4,6-7,10-13H,5,8-9H2,1-3H3. The molecule has 0 bridgehead atoms. The monoisotopic (exact) mass is 448 g/mol. The molecule has 162 valence electrons. The molecule has 4 aromatic rings. The molecule has 2 aromatic carbocycles. The van der Waals surface area contributed by atoms with E-state index in [1.807, 2.05) is 54.9 Å². The maximum Gasteiger partial charge on any atom is 0.165 e. The summed E-state index contributed by atoms with van der Waals surface area (Å²) in [6.07, 6.45) is 5.38. The Bertz CT molecular complexity index is 1410. The summed E-state index contributed by atoms with van der Waals surface area (Å²) in [7, 11) is 0. The average Bonchev–Trinajstić information content (AvgIpc) is 3.19. The Morgan fingerprint density at radius 1 is 1.22 bits per heavy atom. The molecule has 0 saturated carbocycles. The lowest BCUT2D eigenvalue weighted by Crippen LogP contribution is -2.13. The van der Waals surface area contributed by atoms with E-state index in [1.54, 1.807) is 0 Å². The van der Waals surface area contributed by atoms with Crippen LogP contribution in [0.25, 0.3) is 28.0 Å². The van der Waals surface area contributed by atoms with Gasteiger partial charge >= 0.3 is 0 Å². The molecule has 32 heavy (non-hydrogen) atoms. The van der Waals surface area contributed by atoms with E-state index in [0.717, 1.165) is 40.8 Å². The van der Waals surface area contributed by atoms with Gasteiger partial charge in [-0.1, -0.05) is 23.7 Å². The highest BCUT2D eigenvalue weighted by Crippen LogP contribution is 2.41. The van der Waals surface area contributed by atoms with Crippen LogP contribution in [0.5, 0.6) is 5.75 Å². The summed E-state index contributed by atoms with van der Waals surface area (Å²) in [5.74, 6) is -0.161. The van der Waals surface area contributed by atoms with Gasteiger partial charge in [0.05, 0.1) is 12.3 Å². The predicted molar refractivity (Wildman–Crippen MR) is 124 cm³/mol. The lowest BCUT2D eigenvalue weighted by molar-refractivity contribution is 0.101. The molecule has 0 atom stereocenters. The van der Waals surface area contributed by atoms with Crippen LogP contribution in [-0.2, 0) is 6.42 Å². The van der Waals surface area contributed by atoms with E-state index in [0.29, 0.717) is 39.7 Å². The molecule has 0 aliphatic carbocycles. The van der Waals surface area contributed by atoms with Gasteiger partial charge in [0.1, 0.15) is 5.65 Å². The lowest BCUT2D eigenvalue weighted by Gasteiger charge is -2.23. The molecule has 5 rings (SSSR count). The minimum absolute atomic E-state index is 0.0823. The number of halogens is 2. The molecule has 1 aliphatic heterocycles. The first kappa shape index (κ1) is 20.7. The van der Waals surface area contributed by atoms with Gasteiger partial charge in [0.2, 0.25) is 0 Å². The number of carbonyl (C=O) groups is 1. The number of hydrogen-bond acceptors (Lipinski definition) is 3. The van der Waals surface area contributed by atoms with Gasteiger partial charge < -0.3 is 9.14 Å². The number of hydrogen-bond donors (Lipinski definition) is 0. The first-order valence-electron chi connectivity index (χ1n) is 10.6. The molecule has 0 amide bonds. The van der Waals surface area contributed by atoms with Crippen LogP contribution < -0.4 is 4.74 Å². The van der Waals surface area contributed by atoms with E-state index < -0.39 is 5.82 Å². The SMILES string of the molecule is CC(=O)c1c(C)cn2cc(-c3cccc(Cl)c3)nc2c1-c1cc(F)c2c(c1C)CCCO2. The largest absolute Gasteiger partial charge is 0.490 e. The van der Waals surface area contributed by atoms with E-state index in [1.165, 1.54) is 13.0 Å². The van der Waals surface area contributed by atoms with Crippen LogP contribution in [-0.4, -0.2) is 21.8 Å². The predicted octanol–water partition coefficient (Wildman–Crippen LogP) is 6.61. The quantitative estimate of drug-likeness (QED) is 0.331. The summed E-state index contributed by atoms with van der Waals surface area (Å²) < 4.78 is 22.6. The number of fused-ring (bicyclic) bond motifs is 2. The fourth-order valence-corrected chi connectivity index (χ4v) is 4.86. The number of benzene rings is 2. The number of pyridine rings is 1. The number of aryl methyl sites for hydroxylation is 1. The van der Waals surface area contributed by atoms with Crippen LogP contribution in [0.3, 0.4) is 0 Å². The molecule has 0 saturated heterocycles. The Labute approximate surface area is 190 Å². The smallest absolute Gasteiger partial charge is 0.165 e. The Morgan fingerprint density at radius 2 is 2.03 bits per heavy atom. The summed E-state index contributed by atoms with van der Waals surface area (Å²) >= 11 is 6.19. The summed E-state index contributed by atoms with van der Waals surface area (Å²) in [5.41, 5.74) is 6.68. The molecule has 3 heterocycles.